The van der Waals surface area contributed by atoms with Crippen molar-refractivity contribution in [3.05, 3.63) is 29.8 Å². The number of carboxylic acids is 1. The first-order chi connectivity index (χ1) is 11.1. The standard InChI is InChI=1S/C17H20N2O4/c18-10-13-4-6-14(7-5-13)23-11-15(20)19-12-17(16(21)22)8-2-1-3-9-17/h4-7H,1-3,8-9,11-12H2,(H,19,20)(H,21,22). The first-order valence-electron chi connectivity index (χ1n) is 7.69. The minimum atomic E-state index is -0.845. The summed E-state index contributed by atoms with van der Waals surface area (Å²) in [6.07, 6.45) is 4.00. The molecule has 1 aromatic carbocycles. The molecule has 1 aliphatic rings. The number of nitriles is 1. The Balaban J connectivity index is 1.82. The zero-order valence-corrected chi connectivity index (χ0v) is 12.9. The summed E-state index contributed by atoms with van der Waals surface area (Å²) in [6, 6.07) is 8.45. The van der Waals surface area contributed by atoms with Gasteiger partial charge in [0, 0.05) is 6.54 Å². The van der Waals surface area contributed by atoms with Crippen molar-refractivity contribution >= 4 is 11.9 Å². The van der Waals surface area contributed by atoms with Crippen LogP contribution in [0.4, 0.5) is 0 Å². The lowest BCUT2D eigenvalue weighted by Crippen LogP contribution is -2.45. The number of nitrogens with one attached hydrogen (secondary N) is 1. The molecule has 0 bridgehead atoms. The molecule has 2 rings (SSSR count). The predicted octanol–water partition coefficient (Wildman–Crippen LogP) is 2.09. The summed E-state index contributed by atoms with van der Waals surface area (Å²) in [6.45, 7) is -0.0422. The largest absolute Gasteiger partial charge is 0.484 e. The van der Waals surface area contributed by atoms with Crippen LogP contribution in [-0.4, -0.2) is 30.1 Å². The molecule has 0 unspecified atom stereocenters. The number of hydrogen-bond acceptors (Lipinski definition) is 4. The van der Waals surface area contributed by atoms with Gasteiger partial charge < -0.3 is 15.2 Å². The van der Waals surface area contributed by atoms with Crippen molar-refractivity contribution in [2.24, 2.45) is 5.41 Å². The Morgan fingerprint density at radius 2 is 1.87 bits per heavy atom. The second kappa shape index (κ2) is 7.63. The number of carbonyl (C=O) groups is 2. The van der Waals surface area contributed by atoms with Gasteiger partial charge in [0.05, 0.1) is 17.0 Å². The van der Waals surface area contributed by atoms with E-state index in [2.05, 4.69) is 5.32 Å². The fraction of sp³-hybridized carbons (Fsp3) is 0.471. The van der Waals surface area contributed by atoms with Gasteiger partial charge in [0.15, 0.2) is 6.61 Å². The minimum absolute atomic E-state index is 0.137. The van der Waals surface area contributed by atoms with Crippen LogP contribution in [0.25, 0.3) is 0 Å². The van der Waals surface area contributed by atoms with Crippen LogP contribution in [0.2, 0.25) is 0 Å². The van der Waals surface area contributed by atoms with E-state index in [1.54, 1.807) is 24.3 Å². The van der Waals surface area contributed by atoms with Crippen LogP contribution in [0, 0.1) is 16.7 Å². The van der Waals surface area contributed by atoms with Crippen molar-refractivity contribution in [2.75, 3.05) is 13.2 Å². The molecule has 0 aromatic heterocycles. The van der Waals surface area contributed by atoms with Crippen LogP contribution in [-0.2, 0) is 9.59 Å². The van der Waals surface area contributed by atoms with Crippen molar-refractivity contribution in [1.82, 2.24) is 5.32 Å². The Bertz CT molecular complexity index is 598. The second-order valence-corrected chi connectivity index (χ2v) is 5.85. The molecular formula is C17H20N2O4. The van der Waals surface area contributed by atoms with Gasteiger partial charge in [0.25, 0.3) is 5.91 Å². The number of benzene rings is 1. The summed E-state index contributed by atoms with van der Waals surface area (Å²) in [5, 5.41) is 20.8. The van der Waals surface area contributed by atoms with Gasteiger partial charge in [-0.05, 0) is 37.1 Å². The smallest absolute Gasteiger partial charge is 0.311 e. The molecule has 1 saturated carbocycles. The summed E-state index contributed by atoms with van der Waals surface area (Å²) in [5.41, 5.74) is -0.329. The third-order valence-corrected chi connectivity index (χ3v) is 4.24. The quantitative estimate of drug-likeness (QED) is 0.837. The highest BCUT2D eigenvalue weighted by atomic mass is 16.5. The van der Waals surface area contributed by atoms with E-state index in [9.17, 15) is 14.7 Å². The van der Waals surface area contributed by atoms with Crippen molar-refractivity contribution in [1.29, 1.82) is 5.26 Å². The number of nitrogens with zero attached hydrogens (tertiary/aromatic N) is 1. The zero-order chi connectivity index (χ0) is 16.7. The summed E-state index contributed by atoms with van der Waals surface area (Å²) in [7, 11) is 0. The minimum Gasteiger partial charge on any atom is -0.484 e. The van der Waals surface area contributed by atoms with Crippen molar-refractivity contribution in [3.63, 3.8) is 0 Å². The first-order valence-corrected chi connectivity index (χ1v) is 7.69. The number of hydrogen-bond donors (Lipinski definition) is 2. The lowest BCUT2D eigenvalue weighted by atomic mass is 9.74. The average molecular weight is 316 g/mol. The number of ether oxygens (including phenoxy) is 1. The molecule has 0 aliphatic heterocycles. The van der Waals surface area contributed by atoms with Gasteiger partial charge in [-0.1, -0.05) is 19.3 Å². The molecule has 6 nitrogen and oxygen atoms in total. The molecule has 0 atom stereocenters. The molecule has 1 aliphatic carbocycles. The molecule has 0 heterocycles. The molecule has 122 valence electrons. The monoisotopic (exact) mass is 316 g/mol. The van der Waals surface area contributed by atoms with Gasteiger partial charge in [-0.15, -0.1) is 0 Å². The lowest BCUT2D eigenvalue weighted by molar-refractivity contribution is -0.151. The van der Waals surface area contributed by atoms with Crippen LogP contribution in [0.3, 0.4) is 0 Å². The van der Waals surface area contributed by atoms with Gasteiger partial charge in [0.1, 0.15) is 5.75 Å². The van der Waals surface area contributed by atoms with E-state index in [1.807, 2.05) is 6.07 Å². The molecule has 0 spiro atoms. The third-order valence-electron chi connectivity index (χ3n) is 4.24. The number of amides is 1. The number of carbonyl (C=O) groups excluding carboxylic acids is 1. The van der Waals surface area contributed by atoms with Gasteiger partial charge in [-0.3, -0.25) is 9.59 Å². The summed E-state index contributed by atoms with van der Waals surface area (Å²) in [5.74, 6) is -0.698. The maximum Gasteiger partial charge on any atom is 0.311 e. The third kappa shape index (κ3) is 4.46. The SMILES string of the molecule is N#Cc1ccc(OCC(=O)NCC2(C(=O)O)CCCCC2)cc1. The Kier molecular flexibility index (Phi) is 5.58. The molecule has 0 saturated heterocycles. The first kappa shape index (κ1) is 16.8. The van der Waals surface area contributed by atoms with E-state index in [4.69, 9.17) is 10.00 Å². The van der Waals surface area contributed by atoms with Crippen molar-refractivity contribution < 1.29 is 19.4 Å². The van der Waals surface area contributed by atoms with E-state index in [-0.39, 0.29) is 19.1 Å². The van der Waals surface area contributed by atoms with E-state index in [0.717, 1.165) is 19.3 Å². The van der Waals surface area contributed by atoms with Crippen LogP contribution < -0.4 is 10.1 Å². The second-order valence-electron chi connectivity index (χ2n) is 5.85. The molecule has 1 fully saturated rings. The Hall–Kier alpha value is -2.55. The van der Waals surface area contributed by atoms with Gasteiger partial charge in [-0.2, -0.15) is 5.26 Å². The van der Waals surface area contributed by atoms with Crippen molar-refractivity contribution in [3.8, 4) is 11.8 Å². The molecular weight excluding hydrogens is 296 g/mol. The van der Waals surface area contributed by atoms with E-state index in [0.29, 0.717) is 24.2 Å². The Morgan fingerprint density at radius 1 is 1.22 bits per heavy atom. The van der Waals surface area contributed by atoms with Gasteiger partial charge in [-0.25, -0.2) is 0 Å². The normalized spacial score (nSPS) is 16.1. The fourth-order valence-electron chi connectivity index (χ4n) is 2.79. The van der Waals surface area contributed by atoms with E-state index >= 15 is 0 Å². The van der Waals surface area contributed by atoms with Gasteiger partial charge >= 0.3 is 5.97 Å². The van der Waals surface area contributed by atoms with Crippen LogP contribution >= 0.6 is 0 Å². The topological polar surface area (TPSA) is 99.4 Å². The maximum absolute atomic E-state index is 11.9. The number of rotatable bonds is 6. The molecule has 0 radical (unpaired) electrons. The molecule has 6 heteroatoms. The molecule has 2 N–H and O–H groups in total. The maximum atomic E-state index is 11.9. The number of aliphatic carboxylic acids is 1. The zero-order valence-electron chi connectivity index (χ0n) is 12.9. The van der Waals surface area contributed by atoms with Crippen LogP contribution in [0.1, 0.15) is 37.7 Å². The predicted molar refractivity (Wildman–Crippen MR) is 82.8 cm³/mol. The summed E-state index contributed by atoms with van der Waals surface area (Å²) >= 11 is 0. The molecule has 1 amide bonds. The lowest BCUT2D eigenvalue weighted by Gasteiger charge is -2.33. The van der Waals surface area contributed by atoms with Crippen molar-refractivity contribution in [2.45, 2.75) is 32.1 Å². The van der Waals surface area contributed by atoms with Crippen LogP contribution in [0.5, 0.6) is 5.75 Å². The summed E-state index contributed by atoms with van der Waals surface area (Å²) in [4.78, 5) is 23.4. The van der Waals surface area contributed by atoms with Gasteiger partial charge in [0.2, 0.25) is 0 Å². The Labute approximate surface area is 135 Å². The molecule has 1 aromatic rings. The van der Waals surface area contributed by atoms with E-state index in [1.165, 1.54) is 0 Å². The average Bonchev–Trinajstić information content (AvgIpc) is 2.59. The van der Waals surface area contributed by atoms with Crippen LogP contribution in [0.15, 0.2) is 24.3 Å². The molecule has 23 heavy (non-hydrogen) atoms. The number of carboxylic acid groups (broad SMARTS) is 1. The highest BCUT2D eigenvalue weighted by molar-refractivity contribution is 5.80. The fourth-order valence-corrected chi connectivity index (χ4v) is 2.79. The highest BCUT2D eigenvalue weighted by Crippen LogP contribution is 2.35. The Morgan fingerprint density at radius 3 is 2.43 bits per heavy atom. The highest BCUT2D eigenvalue weighted by Gasteiger charge is 2.39. The summed E-state index contributed by atoms with van der Waals surface area (Å²) < 4.78 is 5.33. The van der Waals surface area contributed by atoms with E-state index < -0.39 is 11.4 Å².